The van der Waals surface area contributed by atoms with Gasteiger partial charge in [-0.2, -0.15) is 0 Å². The molecule has 24 heavy (non-hydrogen) atoms. The second kappa shape index (κ2) is 7.61. The van der Waals surface area contributed by atoms with E-state index in [1.165, 1.54) is 11.5 Å². The van der Waals surface area contributed by atoms with Crippen LogP contribution in [0.3, 0.4) is 0 Å². The van der Waals surface area contributed by atoms with Crippen LogP contribution in [0.15, 0.2) is 48.7 Å². The van der Waals surface area contributed by atoms with Gasteiger partial charge in [0.05, 0.1) is 16.1 Å². The van der Waals surface area contributed by atoms with Crippen molar-refractivity contribution in [1.29, 1.82) is 0 Å². The smallest absolute Gasteiger partial charge is 0.262 e. The first kappa shape index (κ1) is 16.7. The molecule has 122 valence electrons. The lowest BCUT2D eigenvalue weighted by molar-refractivity contribution is -0.118. The van der Waals surface area contributed by atoms with Crippen molar-refractivity contribution in [2.45, 2.75) is 0 Å². The molecule has 3 aromatic rings. The van der Waals surface area contributed by atoms with E-state index in [1.807, 2.05) is 24.3 Å². The zero-order valence-corrected chi connectivity index (χ0v) is 14.5. The Hall–Kier alpha value is -2.15. The lowest BCUT2D eigenvalue weighted by Gasteiger charge is -2.09. The SMILES string of the molecule is O=C(COc1ccc(Cl)cc1Cl)Nc1ccc(-c2cnns2)cc1. The molecule has 3 rings (SSSR count). The highest BCUT2D eigenvalue weighted by molar-refractivity contribution is 7.09. The van der Waals surface area contributed by atoms with Gasteiger partial charge < -0.3 is 10.1 Å². The maximum atomic E-state index is 12.0. The maximum absolute atomic E-state index is 12.0. The summed E-state index contributed by atoms with van der Waals surface area (Å²) in [5, 5.41) is 7.42. The van der Waals surface area contributed by atoms with Crippen molar-refractivity contribution >= 4 is 46.3 Å². The fraction of sp³-hybridized carbons (Fsp3) is 0.0625. The summed E-state index contributed by atoms with van der Waals surface area (Å²) in [7, 11) is 0. The van der Waals surface area contributed by atoms with Crippen LogP contribution in [0.4, 0.5) is 5.69 Å². The minimum Gasteiger partial charge on any atom is -0.482 e. The van der Waals surface area contributed by atoms with Gasteiger partial charge in [-0.15, -0.1) is 5.10 Å². The van der Waals surface area contributed by atoms with E-state index in [0.717, 1.165) is 10.4 Å². The fourth-order valence-corrected chi connectivity index (χ4v) is 2.93. The minimum absolute atomic E-state index is 0.151. The van der Waals surface area contributed by atoms with Gasteiger partial charge in [0.2, 0.25) is 0 Å². The molecule has 8 heteroatoms. The van der Waals surface area contributed by atoms with Gasteiger partial charge in [0.15, 0.2) is 6.61 Å². The number of benzene rings is 2. The Kier molecular flexibility index (Phi) is 5.30. The summed E-state index contributed by atoms with van der Waals surface area (Å²) in [5.74, 6) is 0.123. The van der Waals surface area contributed by atoms with Crippen LogP contribution in [-0.4, -0.2) is 22.1 Å². The molecule has 1 amide bonds. The fourth-order valence-electron chi connectivity index (χ4n) is 1.94. The van der Waals surface area contributed by atoms with Gasteiger partial charge >= 0.3 is 0 Å². The van der Waals surface area contributed by atoms with E-state index < -0.39 is 0 Å². The summed E-state index contributed by atoms with van der Waals surface area (Å²) in [5.41, 5.74) is 1.67. The Bertz CT molecular complexity index is 839. The van der Waals surface area contributed by atoms with Crippen LogP contribution in [0.25, 0.3) is 10.4 Å². The number of nitrogens with one attached hydrogen (secondary N) is 1. The number of carbonyl (C=O) groups excluding carboxylic acids is 1. The Morgan fingerprint density at radius 3 is 2.62 bits per heavy atom. The third-order valence-corrected chi connectivity index (χ3v) is 4.31. The Labute approximate surface area is 152 Å². The lowest BCUT2D eigenvalue weighted by Crippen LogP contribution is -2.20. The molecule has 0 atom stereocenters. The monoisotopic (exact) mass is 379 g/mol. The van der Waals surface area contributed by atoms with Gasteiger partial charge in [0.1, 0.15) is 5.75 Å². The number of amides is 1. The van der Waals surface area contributed by atoms with Gasteiger partial charge in [-0.25, -0.2) is 0 Å². The van der Waals surface area contributed by atoms with Gasteiger partial charge in [-0.3, -0.25) is 4.79 Å². The van der Waals surface area contributed by atoms with Crippen molar-refractivity contribution in [3.8, 4) is 16.2 Å². The van der Waals surface area contributed by atoms with Crippen LogP contribution >= 0.6 is 34.7 Å². The number of carbonyl (C=O) groups is 1. The second-order valence-electron chi connectivity index (χ2n) is 4.77. The van der Waals surface area contributed by atoms with Crippen molar-refractivity contribution in [2.75, 3.05) is 11.9 Å². The molecule has 0 aliphatic carbocycles. The molecule has 0 spiro atoms. The molecule has 2 aromatic carbocycles. The number of anilines is 1. The average Bonchev–Trinajstić information content (AvgIpc) is 3.09. The van der Waals surface area contributed by atoms with Crippen LogP contribution in [-0.2, 0) is 4.79 Å². The van der Waals surface area contributed by atoms with E-state index in [-0.39, 0.29) is 12.5 Å². The number of hydrogen-bond acceptors (Lipinski definition) is 5. The molecule has 1 N–H and O–H groups in total. The highest BCUT2D eigenvalue weighted by Gasteiger charge is 2.07. The molecule has 0 unspecified atom stereocenters. The number of halogens is 2. The lowest BCUT2D eigenvalue weighted by atomic mass is 10.2. The molecular formula is C16H11Cl2N3O2S. The van der Waals surface area contributed by atoms with Crippen molar-refractivity contribution in [3.63, 3.8) is 0 Å². The van der Waals surface area contributed by atoms with Crippen LogP contribution in [0.2, 0.25) is 10.0 Å². The summed E-state index contributed by atoms with van der Waals surface area (Å²) in [6.07, 6.45) is 1.70. The molecule has 1 aromatic heterocycles. The first-order chi connectivity index (χ1) is 11.6. The number of aromatic nitrogens is 2. The third-order valence-electron chi connectivity index (χ3n) is 3.07. The molecular weight excluding hydrogens is 369 g/mol. The molecule has 0 radical (unpaired) electrons. The first-order valence-electron chi connectivity index (χ1n) is 6.87. The summed E-state index contributed by atoms with van der Waals surface area (Å²) >= 11 is 13.1. The van der Waals surface area contributed by atoms with Gasteiger partial charge in [0, 0.05) is 10.7 Å². The summed E-state index contributed by atoms with van der Waals surface area (Å²) < 4.78 is 9.21. The Balaban J connectivity index is 1.56. The van der Waals surface area contributed by atoms with E-state index in [1.54, 1.807) is 24.4 Å². The molecule has 0 aliphatic heterocycles. The van der Waals surface area contributed by atoms with Gasteiger partial charge in [0.25, 0.3) is 5.91 Å². The van der Waals surface area contributed by atoms with E-state index in [9.17, 15) is 4.79 Å². The average molecular weight is 380 g/mol. The van der Waals surface area contributed by atoms with Crippen LogP contribution < -0.4 is 10.1 Å². The van der Waals surface area contributed by atoms with Crippen molar-refractivity contribution < 1.29 is 9.53 Å². The van der Waals surface area contributed by atoms with Crippen LogP contribution in [0, 0.1) is 0 Å². The van der Waals surface area contributed by atoms with Gasteiger partial charge in [-0.05, 0) is 47.4 Å². The van der Waals surface area contributed by atoms with Crippen LogP contribution in [0.1, 0.15) is 0 Å². The van der Waals surface area contributed by atoms with E-state index >= 15 is 0 Å². The number of nitrogens with zero attached hydrogens (tertiary/aromatic N) is 2. The predicted molar refractivity (Wildman–Crippen MR) is 95.9 cm³/mol. The van der Waals surface area contributed by atoms with Crippen molar-refractivity contribution in [1.82, 2.24) is 9.59 Å². The third kappa shape index (κ3) is 4.23. The van der Waals surface area contributed by atoms with Crippen molar-refractivity contribution in [3.05, 3.63) is 58.7 Å². The summed E-state index contributed by atoms with van der Waals surface area (Å²) in [4.78, 5) is 12.9. The minimum atomic E-state index is -0.284. The summed E-state index contributed by atoms with van der Waals surface area (Å²) in [6, 6.07) is 12.2. The molecule has 0 saturated carbocycles. The van der Waals surface area contributed by atoms with E-state index in [2.05, 4.69) is 14.9 Å². The molecule has 0 fully saturated rings. The molecule has 1 heterocycles. The van der Waals surface area contributed by atoms with E-state index in [0.29, 0.717) is 21.5 Å². The molecule has 5 nitrogen and oxygen atoms in total. The standard InChI is InChI=1S/C16H11Cl2N3O2S/c17-11-3-6-14(13(18)7-11)23-9-16(22)20-12-4-1-10(2-5-12)15-8-19-21-24-15/h1-8H,9H2,(H,20,22). The molecule has 0 saturated heterocycles. The number of ether oxygens (including phenoxy) is 1. The van der Waals surface area contributed by atoms with E-state index in [4.69, 9.17) is 27.9 Å². The van der Waals surface area contributed by atoms with Gasteiger partial charge in [-0.1, -0.05) is 39.8 Å². The highest BCUT2D eigenvalue weighted by Crippen LogP contribution is 2.27. The maximum Gasteiger partial charge on any atom is 0.262 e. The predicted octanol–water partition coefficient (Wildman–Crippen LogP) is 4.53. The zero-order valence-electron chi connectivity index (χ0n) is 12.2. The Morgan fingerprint density at radius 1 is 1.17 bits per heavy atom. The largest absolute Gasteiger partial charge is 0.482 e. The number of rotatable bonds is 5. The number of hydrogen-bond donors (Lipinski definition) is 1. The molecule has 0 bridgehead atoms. The quantitative estimate of drug-likeness (QED) is 0.707. The van der Waals surface area contributed by atoms with Crippen molar-refractivity contribution in [2.24, 2.45) is 0 Å². The molecule has 0 aliphatic rings. The first-order valence-corrected chi connectivity index (χ1v) is 8.40. The Morgan fingerprint density at radius 2 is 1.96 bits per heavy atom. The van der Waals surface area contributed by atoms with Crippen LogP contribution in [0.5, 0.6) is 5.75 Å². The second-order valence-corrected chi connectivity index (χ2v) is 6.40. The normalized spacial score (nSPS) is 10.4. The zero-order chi connectivity index (χ0) is 16.9. The summed E-state index contributed by atoms with van der Waals surface area (Å²) in [6.45, 7) is -0.151. The topological polar surface area (TPSA) is 64.1 Å². The highest BCUT2D eigenvalue weighted by atomic mass is 35.5.